The van der Waals surface area contributed by atoms with Crippen LogP contribution in [0.3, 0.4) is 0 Å². The van der Waals surface area contributed by atoms with Crippen LogP contribution >= 0.6 is 28.4 Å². The molecule has 0 aromatic carbocycles. The molecule has 0 aliphatic carbocycles. The van der Waals surface area contributed by atoms with Gasteiger partial charge in [-0.2, -0.15) is 0 Å². The van der Waals surface area contributed by atoms with Crippen molar-refractivity contribution in [1.29, 1.82) is 0 Å². The normalized spacial score (nSPS) is 39.6. The first-order chi connectivity index (χ1) is 4.17. The Morgan fingerprint density at radius 3 is 2.67 bits per heavy atom. The number of halogens is 1. The molecule has 0 saturated heterocycles. The Labute approximate surface area is 68.1 Å². The summed E-state index contributed by atoms with van der Waals surface area (Å²) in [4.78, 5) is 11.3. The third kappa shape index (κ3) is 1.38. The van der Waals surface area contributed by atoms with Gasteiger partial charge >= 0.3 is 0 Å². The van der Waals surface area contributed by atoms with Crippen LogP contribution in [0.2, 0.25) is 0 Å². The van der Waals surface area contributed by atoms with Gasteiger partial charge in [0.1, 0.15) is 0 Å². The molecule has 9 heavy (non-hydrogen) atoms. The molecule has 0 aromatic rings. The van der Waals surface area contributed by atoms with Gasteiger partial charge in [-0.25, -0.2) is 0 Å². The molecule has 0 radical (unpaired) electrons. The van der Waals surface area contributed by atoms with Gasteiger partial charge < -0.3 is 0 Å². The molecule has 1 rings (SSSR count). The van der Waals surface area contributed by atoms with Crippen molar-refractivity contribution in [1.82, 2.24) is 0 Å². The molecule has 0 fully saturated rings. The summed E-state index contributed by atoms with van der Waals surface area (Å²) in [6.45, 7) is 0. The second-order valence-corrected chi connectivity index (χ2v) is 9.88. The lowest BCUT2D eigenvalue weighted by Gasteiger charge is -2.19. The average Bonchev–Trinajstić information content (AvgIpc) is 2.08. The Kier molecular flexibility index (Phi) is 2.00. The minimum Gasteiger partial charge on any atom is -0.297 e. The maximum atomic E-state index is 10.3. The second kappa shape index (κ2) is 2.46. The molecular formula is C6H7IOS. The van der Waals surface area contributed by atoms with E-state index in [1.165, 1.54) is 0 Å². The lowest BCUT2D eigenvalue weighted by molar-refractivity contribution is -0.104. The Bertz CT molecular complexity index is 193. The number of hydrogen-bond donors (Lipinski definition) is 0. The molecule has 1 unspecified atom stereocenters. The Hall–Kier alpha value is 0.230. The van der Waals surface area contributed by atoms with E-state index >= 15 is 0 Å². The average molecular weight is 254 g/mol. The third-order valence-electron chi connectivity index (χ3n) is 1.17. The summed E-state index contributed by atoms with van der Waals surface area (Å²) in [5.74, 6) is 0. The molecule has 1 aliphatic rings. The molecule has 0 amide bonds. The van der Waals surface area contributed by atoms with Gasteiger partial charge in [-0.05, 0) is 38.9 Å². The van der Waals surface area contributed by atoms with Gasteiger partial charge in [0.05, 0.1) is 0 Å². The molecule has 1 atom stereocenters. The van der Waals surface area contributed by atoms with E-state index in [4.69, 9.17) is 0 Å². The Morgan fingerprint density at radius 2 is 2.44 bits per heavy atom. The van der Waals surface area contributed by atoms with E-state index < -0.39 is 7.20 Å². The van der Waals surface area contributed by atoms with E-state index in [0.29, 0.717) is 0 Å². The maximum Gasteiger partial charge on any atom is 0.155 e. The highest BCUT2D eigenvalue weighted by atomic mass is 127. The van der Waals surface area contributed by atoms with Crippen LogP contribution in [0.5, 0.6) is 0 Å². The van der Waals surface area contributed by atoms with Gasteiger partial charge in [0.15, 0.2) is 6.29 Å². The summed E-state index contributed by atoms with van der Waals surface area (Å²) in [5.41, 5.74) is 0. The summed E-state index contributed by atoms with van der Waals surface area (Å²) in [6.07, 6.45) is 6.87. The summed E-state index contributed by atoms with van der Waals surface area (Å²) >= 11 is 2.33. The van der Waals surface area contributed by atoms with Crippen LogP contribution < -0.4 is 0 Å². The number of allylic oxidation sites excluding steroid dienone is 3. The predicted molar refractivity (Wildman–Crippen MR) is 50.8 cm³/mol. The zero-order chi connectivity index (χ0) is 6.91. The molecule has 3 heteroatoms. The van der Waals surface area contributed by atoms with Crippen molar-refractivity contribution >= 4 is 34.7 Å². The summed E-state index contributed by atoms with van der Waals surface area (Å²) in [7, 11) is -0.855. The van der Waals surface area contributed by atoms with Crippen LogP contribution in [0.25, 0.3) is 0 Å². The second-order valence-electron chi connectivity index (χ2n) is 1.89. The minimum absolute atomic E-state index is 0.855. The molecule has 1 aliphatic heterocycles. The molecule has 0 N–H and O–H groups in total. The molecule has 0 saturated carbocycles. The fraction of sp³-hybridized carbons (Fsp3) is 0.167. The van der Waals surface area contributed by atoms with Crippen LogP contribution in [0.1, 0.15) is 0 Å². The Balaban J connectivity index is 2.91. The first-order valence-corrected chi connectivity index (χ1v) is 7.13. The van der Waals surface area contributed by atoms with Crippen LogP contribution in [0, 0.1) is 0 Å². The van der Waals surface area contributed by atoms with E-state index in [1.54, 1.807) is 0 Å². The SMILES string of the molecule is CS1(I)C=CC=C1C=O. The standard InChI is InChI=1S/C6H7IOS/c1-9(7)4-2-3-6(9)5-8/h2-5H,1H3. The molecular weight excluding hydrogens is 247 g/mol. The van der Waals surface area contributed by atoms with Gasteiger partial charge in [0, 0.05) is 4.91 Å². The molecule has 0 spiro atoms. The molecule has 0 aromatic heterocycles. The zero-order valence-corrected chi connectivity index (χ0v) is 7.98. The van der Waals surface area contributed by atoms with Gasteiger partial charge in [-0.1, -0.05) is 6.08 Å². The van der Waals surface area contributed by atoms with Crippen LogP contribution in [-0.4, -0.2) is 12.5 Å². The highest BCUT2D eigenvalue weighted by Crippen LogP contribution is 2.62. The van der Waals surface area contributed by atoms with Gasteiger partial charge in [0.2, 0.25) is 0 Å². The smallest absolute Gasteiger partial charge is 0.155 e. The Morgan fingerprint density at radius 1 is 1.78 bits per heavy atom. The van der Waals surface area contributed by atoms with Crippen molar-refractivity contribution in [3.63, 3.8) is 0 Å². The van der Waals surface area contributed by atoms with Gasteiger partial charge in [0.25, 0.3) is 0 Å². The third-order valence-corrected chi connectivity index (χ3v) is 5.40. The monoisotopic (exact) mass is 254 g/mol. The van der Waals surface area contributed by atoms with Crippen molar-refractivity contribution in [2.24, 2.45) is 0 Å². The van der Waals surface area contributed by atoms with E-state index in [9.17, 15) is 4.79 Å². The van der Waals surface area contributed by atoms with Crippen LogP contribution in [0.4, 0.5) is 0 Å². The first-order valence-electron chi connectivity index (χ1n) is 2.48. The van der Waals surface area contributed by atoms with E-state index in [2.05, 4.69) is 32.9 Å². The van der Waals surface area contributed by atoms with Crippen LogP contribution in [0.15, 0.2) is 22.5 Å². The van der Waals surface area contributed by atoms with Gasteiger partial charge in [-0.15, -0.1) is 7.20 Å². The van der Waals surface area contributed by atoms with E-state index in [1.807, 2.05) is 12.2 Å². The highest BCUT2D eigenvalue weighted by molar-refractivity contribution is 14.2. The lowest BCUT2D eigenvalue weighted by atomic mass is 10.5. The largest absolute Gasteiger partial charge is 0.297 e. The molecule has 50 valence electrons. The van der Waals surface area contributed by atoms with Crippen molar-refractivity contribution < 1.29 is 4.79 Å². The number of rotatable bonds is 1. The van der Waals surface area contributed by atoms with E-state index in [-0.39, 0.29) is 0 Å². The zero-order valence-electron chi connectivity index (χ0n) is 5.00. The van der Waals surface area contributed by atoms with Crippen molar-refractivity contribution in [2.75, 3.05) is 6.26 Å². The minimum atomic E-state index is -0.855. The number of carbonyl (C=O) groups is 1. The van der Waals surface area contributed by atoms with Gasteiger partial charge in [-0.3, -0.25) is 4.79 Å². The van der Waals surface area contributed by atoms with Crippen molar-refractivity contribution in [2.45, 2.75) is 0 Å². The van der Waals surface area contributed by atoms with Crippen molar-refractivity contribution in [3.8, 4) is 0 Å². The predicted octanol–water partition coefficient (Wildman–Crippen LogP) is 2.38. The molecule has 0 bridgehead atoms. The summed E-state index contributed by atoms with van der Waals surface area (Å²) < 4.78 is 0. The fourth-order valence-electron chi connectivity index (χ4n) is 0.627. The first kappa shape index (κ1) is 7.34. The van der Waals surface area contributed by atoms with E-state index in [0.717, 1.165) is 11.2 Å². The topological polar surface area (TPSA) is 17.1 Å². The molecule has 1 nitrogen and oxygen atoms in total. The van der Waals surface area contributed by atoms with Crippen molar-refractivity contribution in [3.05, 3.63) is 22.5 Å². The van der Waals surface area contributed by atoms with Crippen LogP contribution in [-0.2, 0) is 4.79 Å². The number of hydrogen-bond acceptors (Lipinski definition) is 1. The summed E-state index contributed by atoms with van der Waals surface area (Å²) in [5, 5.41) is 2.09. The summed E-state index contributed by atoms with van der Waals surface area (Å²) in [6, 6.07) is 0. The highest BCUT2D eigenvalue weighted by Gasteiger charge is 2.18. The number of aldehydes is 1. The molecule has 1 heterocycles. The quantitative estimate of drug-likeness (QED) is 0.518. The number of carbonyl (C=O) groups excluding carboxylic acids is 1. The fourth-order valence-corrected chi connectivity index (χ4v) is 2.95. The maximum absolute atomic E-state index is 10.3. The lowest BCUT2D eigenvalue weighted by Crippen LogP contribution is -1.85.